The molecule has 1 aliphatic rings. The molecular formula is C13H29N3O. The molecule has 0 aliphatic carbocycles. The molecule has 1 unspecified atom stereocenters. The van der Waals surface area contributed by atoms with E-state index >= 15 is 0 Å². The SMILES string of the molecule is COCCN(C)CCNCC1CCCN(C)C1. The topological polar surface area (TPSA) is 27.7 Å². The van der Waals surface area contributed by atoms with Crippen LogP contribution in [0.4, 0.5) is 0 Å². The second kappa shape index (κ2) is 8.86. The molecule has 1 atom stereocenters. The lowest BCUT2D eigenvalue weighted by molar-refractivity contribution is 0.160. The second-order valence-electron chi connectivity index (χ2n) is 5.27. The minimum atomic E-state index is 0.823. The van der Waals surface area contributed by atoms with Crippen molar-refractivity contribution >= 4 is 0 Å². The molecule has 4 nitrogen and oxygen atoms in total. The fourth-order valence-electron chi connectivity index (χ4n) is 2.37. The van der Waals surface area contributed by atoms with Crippen molar-refractivity contribution in [1.29, 1.82) is 0 Å². The zero-order valence-electron chi connectivity index (χ0n) is 11.7. The van der Waals surface area contributed by atoms with E-state index in [1.165, 1.54) is 32.5 Å². The predicted molar refractivity (Wildman–Crippen MR) is 72.5 cm³/mol. The van der Waals surface area contributed by atoms with Crippen LogP contribution in [0.2, 0.25) is 0 Å². The molecule has 0 spiro atoms. The van der Waals surface area contributed by atoms with Crippen molar-refractivity contribution in [2.24, 2.45) is 5.92 Å². The summed E-state index contributed by atoms with van der Waals surface area (Å²) in [6.07, 6.45) is 2.74. The predicted octanol–water partition coefficient (Wildman–Crippen LogP) is 0.496. The number of nitrogens with zero attached hydrogens (tertiary/aromatic N) is 2. The highest BCUT2D eigenvalue weighted by molar-refractivity contribution is 4.72. The third-order valence-electron chi connectivity index (χ3n) is 3.50. The maximum absolute atomic E-state index is 5.06. The molecule has 0 bridgehead atoms. The van der Waals surface area contributed by atoms with E-state index in [1.807, 2.05) is 0 Å². The number of hydrogen-bond acceptors (Lipinski definition) is 4. The highest BCUT2D eigenvalue weighted by Gasteiger charge is 2.16. The van der Waals surface area contributed by atoms with Crippen LogP contribution >= 0.6 is 0 Å². The largest absolute Gasteiger partial charge is 0.383 e. The molecular weight excluding hydrogens is 214 g/mol. The van der Waals surface area contributed by atoms with Gasteiger partial charge in [-0.2, -0.15) is 0 Å². The van der Waals surface area contributed by atoms with Gasteiger partial charge in [-0.05, 0) is 45.9 Å². The van der Waals surface area contributed by atoms with Gasteiger partial charge in [0.1, 0.15) is 0 Å². The maximum Gasteiger partial charge on any atom is 0.0589 e. The number of methoxy groups -OCH3 is 1. The second-order valence-corrected chi connectivity index (χ2v) is 5.27. The van der Waals surface area contributed by atoms with E-state index < -0.39 is 0 Å². The van der Waals surface area contributed by atoms with Crippen LogP contribution in [0.5, 0.6) is 0 Å². The Labute approximate surface area is 106 Å². The molecule has 0 aromatic heterocycles. The van der Waals surface area contributed by atoms with Gasteiger partial charge in [0.05, 0.1) is 6.61 Å². The highest BCUT2D eigenvalue weighted by atomic mass is 16.5. The van der Waals surface area contributed by atoms with Crippen LogP contribution in [0.1, 0.15) is 12.8 Å². The third-order valence-corrected chi connectivity index (χ3v) is 3.50. The molecule has 4 heteroatoms. The van der Waals surface area contributed by atoms with Gasteiger partial charge < -0.3 is 19.9 Å². The van der Waals surface area contributed by atoms with Crippen molar-refractivity contribution in [3.05, 3.63) is 0 Å². The average molecular weight is 243 g/mol. The minimum Gasteiger partial charge on any atom is -0.383 e. The first kappa shape index (κ1) is 14.9. The van der Waals surface area contributed by atoms with Crippen LogP contribution in [-0.4, -0.2) is 76.9 Å². The van der Waals surface area contributed by atoms with Crippen LogP contribution in [0.3, 0.4) is 0 Å². The third kappa shape index (κ3) is 6.99. The quantitative estimate of drug-likeness (QED) is 0.628. The number of nitrogens with one attached hydrogen (secondary N) is 1. The average Bonchev–Trinajstić information content (AvgIpc) is 2.32. The molecule has 0 amide bonds. The number of likely N-dealkylation sites (tertiary alicyclic amines) is 1. The van der Waals surface area contributed by atoms with E-state index in [0.717, 1.165) is 32.2 Å². The molecule has 1 fully saturated rings. The Kier molecular flexibility index (Phi) is 7.77. The first-order chi connectivity index (χ1) is 8.22. The van der Waals surface area contributed by atoms with Gasteiger partial charge >= 0.3 is 0 Å². The Bertz CT molecular complexity index is 190. The number of hydrogen-bond donors (Lipinski definition) is 1. The number of rotatable bonds is 8. The first-order valence-corrected chi connectivity index (χ1v) is 6.79. The lowest BCUT2D eigenvalue weighted by atomic mass is 9.98. The summed E-state index contributed by atoms with van der Waals surface area (Å²) in [7, 11) is 6.13. The molecule has 1 N–H and O–H groups in total. The zero-order chi connectivity index (χ0) is 12.5. The van der Waals surface area contributed by atoms with Crippen LogP contribution < -0.4 is 5.32 Å². The molecule has 1 rings (SSSR count). The Morgan fingerprint density at radius 3 is 2.94 bits per heavy atom. The molecule has 102 valence electrons. The van der Waals surface area contributed by atoms with Crippen LogP contribution in [-0.2, 0) is 4.74 Å². The summed E-state index contributed by atoms with van der Waals surface area (Å²) in [5.41, 5.74) is 0. The van der Waals surface area contributed by atoms with Gasteiger partial charge in [0, 0.05) is 33.3 Å². The van der Waals surface area contributed by atoms with Crippen molar-refractivity contribution < 1.29 is 4.74 Å². The molecule has 17 heavy (non-hydrogen) atoms. The Balaban J connectivity index is 1.96. The summed E-state index contributed by atoms with van der Waals surface area (Å²) >= 11 is 0. The molecule has 0 aromatic carbocycles. The number of piperidine rings is 1. The van der Waals surface area contributed by atoms with E-state index in [2.05, 4.69) is 29.2 Å². The lowest BCUT2D eigenvalue weighted by Gasteiger charge is -2.30. The van der Waals surface area contributed by atoms with Gasteiger partial charge in [-0.25, -0.2) is 0 Å². The van der Waals surface area contributed by atoms with Crippen molar-refractivity contribution in [2.75, 3.05) is 67.1 Å². The summed E-state index contributed by atoms with van der Waals surface area (Å²) in [6, 6.07) is 0. The van der Waals surface area contributed by atoms with E-state index in [-0.39, 0.29) is 0 Å². The van der Waals surface area contributed by atoms with Gasteiger partial charge in [0.25, 0.3) is 0 Å². The normalized spacial score (nSPS) is 22.2. The van der Waals surface area contributed by atoms with E-state index in [1.54, 1.807) is 7.11 Å². The maximum atomic E-state index is 5.06. The fraction of sp³-hybridized carbons (Fsp3) is 1.00. The standard InChI is InChI=1S/C13H29N3O/c1-15(9-10-17-3)8-6-14-11-13-5-4-7-16(2)12-13/h13-14H,4-12H2,1-3H3. The number of likely N-dealkylation sites (N-methyl/N-ethyl adjacent to an activating group) is 1. The van der Waals surface area contributed by atoms with Gasteiger partial charge in [-0.15, -0.1) is 0 Å². The van der Waals surface area contributed by atoms with E-state index in [0.29, 0.717) is 0 Å². The Hall–Kier alpha value is -0.160. The van der Waals surface area contributed by atoms with Crippen molar-refractivity contribution in [1.82, 2.24) is 15.1 Å². The fourth-order valence-corrected chi connectivity index (χ4v) is 2.37. The zero-order valence-corrected chi connectivity index (χ0v) is 11.7. The van der Waals surface area contributed by atoms with Crippen LogP contribution in [0, 0.1) is 5.92 Å². The summed E-state index contributed by atoms with van der Waals surface area (Å²) in [5, 5.41) is 3.57. The summed E-state index contributed by atoms with van der Waals surface area (Å²) in [6.45, 7) is 7.73. The summed E-state index contributed by atoms with van der Waals surface area (Å²) in [5.74, 6) is 0.845. The van der Waals surface area contributed by atoms with Crippen molar-refractivity contribution in [2.45, 2.75) is 12.8 Å². The van der Waals surface area contributed by atoms with Crippen LogP contribution in [0.15, 0.2) is 0 Å². The van der Waals surface area contributed by atoms with Crippen molar-refractivity contribution in [3.63, 3.8) is 0 Å². The Morgan fingerprint density at radius 1 is 1.41 bits per heavy atom. The summed E-state index contributed by atoms with van der Waals surface area (Å²) < 4.78 is 5.06. The molecule has 0 aromatic rings. The highest BCUT2D eigenvalue weighted by Crippen LogP contribution is 2.13. The monoisotopic (exact) mass is 243 g/mol. The van der Waals surface area contributed by atoms with Gasteiger partial charge in [-0.3, -0.25) is 0 Å². The summed E-state index contributed by atoms with van der Waals surface area (Å²) in [4.78, 5) is 4.75. The van der Waals surface area contributed by atoms with E-state index in [9.17, 15) is 0 Å². The molecule has 0 saturated carbocycles. The molecule has 1 saturated heterocycles. The molecule has 1 heterocycles. The number of ether oxygens (including phenoxy) is 1. The van der Waals surface area contributed by atoms with Crippen LogP contribution in [0.25, 0.3) is 0 Å². The minimum absolute atomic E-state index is 0.823. The molecule has 1 aliphatic heterocycles. The van der Waals surface area contributed by atoms with Gasteiger partial charge in [-0.1, -0.05) is 0 Å². The first-order valence-electron chi connectivity index (χ1n) is 6.79. The smallest absolute Gasteiger partial charge is 0.0589 e. The van der Waals surface area contributed by atoms with E-state index in [4.69, 9.17) is 4.74 Å². The lowest BCUT2D eigenvalue weighted by Crippen LogP contribution is -2.39. The van der Waals surface area contributed by atoms with Gasteiger partial charge in [0.15, 0.2) is 0 Å². The Morgan fingerprint density at radius 2 is 2.24 bits per heavy atom. The van der Waals surface area contributed by atoms with Gasteiger partial charge in [0.2, 0.25) is 0 Å². The molecule has 0 radical (unpaired) electrons. The van der Waals surface area contributed by atoms with Crippen molar-refractivity contribution in [3.8, 4) is 0 Å².